The Morgan fingerprint density at radius 3 is 1.55 bits per heavy atom. The molecule has 0 N–H and O–H groups in total. The second-order valence-corrected chi connectivity index (χ2v) is 13.3. The van der Waals surface area contributed by atoms with E-state index in [1.54, 1.807) is 0 Å². The van der Waals surface area contributed by atoms with Crippen molar-refractivity contribution in [1.29, 1.82) is 0 Å². The number of nitrogens with zero attached hydrogens (tertiary/aromatic N) is 2. The second-order valence-electron chi connectivity index (χ2n) is 12.2. The smallest absolute Gasteiger partial charge is 0.0575 e. The first-order valence-electron chi connectivity index (χ1n) is 16.6. The minimum atomic E-state index is 1.10. The molecule has 232 valence electrons. The van der Waals surface area contributed by atoms with Crippen LogP contribution in [0.4, 0.5) is 34.1 Å². The van der Waals surface area contributed by atoms with Gasteiger partial charge < -0.3 is 9.80 Å². The van der Waals surface area contributed by atoms with Crippen LogP contribution < -0.4 is 9.80 Å². The number of hydrogen-bond donors (Lipinski definition) is 0. The monoisotopic (exact) mass is 644 g/mol. The van der Waals surface area contributed by atoms with Gasteiger partial charge in [-0.3, -0.25) is 0 Å². The van der Waals surface area contributed by atoms with Crippen molar-refractivity contribution in [3.63, 3.8) is 0 Å². The lowest BCUT2D eigenvalue weighted by Gasteiger charge is -2.30. The van der Waals surface area contributed by atoms with Crippen molar-refractivity contribution in [1.82, 2.24) is 0 Å². The van der Waals surface area contributed by atoms with E-state index in [4.69, 9.17) is 0 Å². The first-order chi connectivity index (χ1) is 24.3. The maximum Gasteiger partial charge on any atom is 0.0575 e. The fourth-order valence-corrected chi connectivity index (χ4v) is 8.17. The molecule has 0 bridgehead atoms. The Bertz CT molecular complexity index is 2500. The number of fused-ring (bicyclic) bond motifs is 5. The highest BCUT2D eigenvalue weighted by Gasteiger charge is 2.23. The molecule has 0 saturated heterocycles. The van der Waals surface area contributed by atoms with Gasteiger partial charge in [-0.05, 0) is 88.6 Å². The minimum Gasteiger partial charge on any atom is -0.310 e. The van der Waals surface area contributed by atoms with E-state index in [2.05, 4.69) is 204 Å². The fraction of sp³-hybridized carbons (Fsp3) is 0. The maximum atomic E-state index is 2.42. The number of thiophene rings is 1. The quantitative estimate of drug-likeness (QED) is 0.170. The Hall–Kier alpha value is -6.16. The number of anilines is 6. The van der Waals surface area contributed by atoms with Crippen LogP contribution >= 0.6 is 11.3 Å². The molecule has 3 heteroatoms. The van der Waals surface area contributed by atoms with Crippen molar-refractivity contribution in [2.24, 2.45) is 0 Å². The molecule has 0 aliphatic carbocycles. The Morgan fingerprint density at radius 2 is 0.878 bits per heavy atom. The summed E-state index contributed by atoms with van der Waals surface area (Å²) in [5.41, 5.74) is 9.08. The van der Waals surface area contributed by atoms with Crippen LogP contribution in [0.25, 0.3) is 42.1 Å². The van der Waals surface area contributed by atoms with Gasteiger partial charge >= 0.3 is 0 Å². The lowest BCUT2D eigenvalue weighted by Crippen LogP contribution is -2.13. The zero-order valence-corrected chi connectivity index (χ0v) is 27.6. The van der Waals surface area contributed by atoms with E-state index in [0.717, 1.165) is 34.1 Å². The van der Waals surface area contributed by atoms with Crippen molar-refractivity contribution < 1.29 is 0 Å². The summed E-state index contributed by atoms with van der Waals surface area (Å²) in [5, 5.41) is 5.09. The predicted molar refractivity (Wildman–Crippen MR) is 212 cm³/mol. The standard InChI is InChI=1S/C46H32N2S/c1-5-16-33(17-6-1)35-19-15-26-39(30-35)47(36-20-7-2-8-21-36)40-31-42(48(37-22-9-3-10-23-37)38-24-11-4-12-25-38)46-44(32-40)49-43-29-28-34-18-13-14-27-41(34)45(43)46/h1-32H. The third-order valence-corrected chi connectivity index (χ3v) is 10.3. The van der Waals surface area contributed by atoms with E-state index in [-0.39, 0.29) is 0 Å². The van der Waals surface area contributed by atoms with Crippen LogP contribution in [0, 0.1) is 0 Å². The Kier molecular flexibility index (Phi) is 7.38. The van der Waals surface area contributed by atoms with E-state index >= 15 is 0 Å². The van der Waals surface area contributed by atoms with Crippen LogP contribution in [0.2, 0.25) is 0 Å². The number of hydrogen-bond acceptors (Lipinski definition) is 3. The number of rotatable bonds is 7. The molecule has 1 aromatic heterocycles. The van der Waals surface area contributed by atoms with Crippen molar-refractivity contribution in [3.05, 3.63) is 194 Å². The van der Waals surface area contributed by atoms with Gasteiger partial charge in [-0.1, -0.05) is 127 Å². The summed E-state index contributed by atoms with van der Waals surface area (Å²) in [4.78, 5) is 4.81. The molecule has 8 aromatic carbocycles. The van der Waals surface area contributed by atoms with E-state index < -0.39 is 0 Å². The van der Waals surface area contributed by atoms with Crippen molar-refractivity contribution in [3.8, 4) is 11.1 Å². The fourth-order valence-electron chi connectivity index (χ4n) is 7.00. The molecule has 0 aliphatic heterocycles. The first kappa shape index (κ1) is 29.0. The lowest BCUT2D eigenvalue weighted by atomic mass is 10.0. The maximum absolute atomic E-state index is 2.42. The van der Waals surface area contributed by atoms with Gasteiger partial charge in [0, 0.05) is 48.6 Å². The topological polar surface area (TPSA) is 6.48 Å². The van der Waals surface area contributed by atoms with Crippen LogP contribution in [-0.4, -0.2) is 0 Å². The van der Waals surface area contributed by atoms with E-state index in [9.17, 15) is 0 Å². The third kappa shape index (κ3) is 5.31. The highest BCUT2D eigenvalue weighted by Crippen LogP contribution is 2.50. The summed E-state index contributed by atoms with van der Waals surface area (Å²) < 4.78 is 2.53. The van der Waals surface area contributed by atoms with Gasteiger partial charge in [-0.25, -0.2) is 0 Å². The zero-order valence-electron chi connectivity index (χ0n) is 26.8. The molecule has 49 heavy (non-hydrogen) atoms. The molecule has 0 spiro atoms. The molecule has 0 saturated carbocycles. The van der Waals surface area contributed by atoms with Gasteiger partial charge in [0.1, 0.15) is 0 Å². The largest absolute Gasteiger partial charge is 0.310 e. The molecule has 2 nitrogen and oxygen atoms in total. The minimum absolute atomic E-state index is 1.10. The normalized spacial score (nSPS) is 11.3. The average molecular weight is 645 g/mol. The summed E-state index contributed by atoms with van der Waals surface area (Å²) in [6.07, 6.45) is 0. The highest BCUT2D eigenvalue weighted by molar-refractivity contribution is 7.26. The van der Waals surface area contributed by atoms with Gasteiger partial charge in [-0.15, -0.1) is 11.3 Å². The van der Waals surface area contributed by atoms with Gasteiger partial charge in [-0.2, -0.15) is 0 Å². The van der Waals surface area contributed by atoms with Crippen LogP contribution in [0.1, 0.15) is 0 Å². The van der Waals surface area contributed by atoms with E-state index in [1.807, 2.05) is 11.3 Å². The highest BCUT2D eigenvalue weighted by atomic mass is 32.1. The molecule has 1 heterocycles. The Morgan fingerprint density at radius 1 is 0.327 bits per heavy atom. The van der Waals surface area contributed by atoms with Crippen LogP contribution in [0.3, 0.4) is 0 Å². The molecule has 0 radical (unpaired) electrons. The van der Waals surface area contributed by atoms with Gasteiger partial charge in [0.2, 0.25) is 0 Å². The zero-order chi connectivity index (χ0) is 32.6. The van der Waals surface area contributed by atoms with E-state index in [0.29, 0.717) is 0 Å². The van der Waals surface area contributed by atoms with Crippen LogP contribution in [0.15, 0.2) is 194 Å². The summed E-state index contributed by atoms with van der Waals surface area (Å²) in [7, 11) is 0. The molecule has 0 aliphatic rings. The Labute approximate surface area is 290 Å². The van der Waals surface area contributed by atoms with Crippen LogP contribution in [-0.2, 0) is 0 Å². The number of para-hydroxylation sites is 3. The SMILES string of the molecule is c1ccc(-c2cccc(N(c3ccccc3)c3cc(N(c4ccccc4)c4ccccc4)c4c(c3)sc3ccc5ccccc5c34)c2)cc1. The molecule has 0 unspecified atom stereocenters. The number of benzene rings is 8. The molecule has 0 atom stereocenters. The molecule has 9 aromatic rings. The lowest BCUT2D eigenvalue weighted by molar-refractivity contribution is 1.26. The molecule has 0 amide bonds. The van der Waals surface area contributed by atoms with Gasteiger partial charge in [0.25, 0.3) is 0 Å². The van der Waals surface area contributed by atoms with Gasteiger partial charge in [0.15, 0.2) is 0 Å². The summed E-state index contributed by atoms with van der Waals surface area (Å²) >= 11 is 1.87. The molecular weight excluding hydrogens is 613 g/mol. The molecule has 9 rings (SSSR count). The second kappa shape index (κ2) is 12.5. The van der Waals surface area contributed by atoms with Gasteiger partial charge in [0.05, 0.1) is 5.69 Å². The van der Waals surface area contributed by atoms with Crippen molar-refractivity contribution in [2.45, 2.75) is 0 Å². The van der Waals surface area contributed by atoms with E-state index in [1.165, 1.54) is 42.1 Å². The average Bonchev–Trinajstić information content (AvgIpc) is 3.56. The predicted octanol–water partition coefficient (Wildman–Crippen LogP) is 13.8. The van der Waals surface area contributed by atoms with Crippen LogP contribution in [0.5, 0.6) is 0 Å². The summed E-state index contributed by atoms with van der Waals surface area (Å²) in [6.45, 7) is 0. The molecule has 0 fully saturated rings. The Balaban J connectivity index is 1.37. The summed E-state index contributed by atoms with van der Waals surface area (Å²) in [5.74, 6) is 0. The third-order valence-electron chi connectivity index (χ3n) is 9.18. The molecular formula is C46H32N2S. The first-order valence-corrected chi connectivity index (χ1v) is 17.4. The van der Waals surface area contributed by atoms with Crippen molar-refractivity contribution >= 4 is 76.4 Å². The summed E-state index contributed by atoms with van der Waals surface area (Å²) in [6, 6.07) is 69.8. The van der Waals surface area contributed by atoms with Crippen molar-refractivity contribution in [2.75, 3.05) is 9.80 Å².